The fraction of sp³-hybridized carbons (Fsp3) is 0.192. The smallest absolute Gasteiger partial charge is 0.262 e. The van der Waals surface area contributed by atoms with Crippen molar-refractivity contribution >= 4 is 41.2 Å². The number of amides is 2. The first-order chi connectivity index (χ1) is 16.8. The van der Waals surface area contributed by atoms with Crippen LogP contribution in [0.25, 0.3) is 0 Å². The van der Waals surface area contributed by atoms with Crippen LogP contribution in [0.4, 0.5) is 4.39 Å². The SMILES string of the molecule is CC(C)C(NC(=O)c1ccccc1F)C(=O)NN=Cc1ccccc1OCc1ccc(Cl)c(Cl)c1. The maximum Gasteiger partial charge on any atom is 0.262 e. The van der Waals surface area contributed by atoms with Crippen LogP contribution in [0.1, 0.15) is 35.3 Å². The minimum atomic E-state index is -0.916. The Morgan fingerprint density at radius 1 is 1.03 bits per heavy atom. The van der Waals surface area contributed by atoms with Gasteiger partial charge in [-0.25, -0.2) is 9.82 Å². The van der Waals surface area contributed by atoms with Gasteiger partial charge >= 0.3 is 0 Å². The molecule has 0 spiro atoms. The summed E-state index contributed by atoms with van der Waals surface area (Å²) in [5, 5.41) is 7.48. The first-order valence-electron chi connectivity index (χ1n) is 10.8. The number of nitrogens with zero attached hydrogens (tertiary/aromatic N) is 1. The molecule has 1 unspecified atom stereocenters. The highest BCUT2D eigenvalue weighted by Gasteiger charge is 2.25. The predicted molar refractivity (Wildman–Crippen MR) is 135 cm³/mol. The Morgan fingerprint density at radius 2 is 1.74 bits per heavy atom. The van der Waals surface area contributed by atoms with Crippen LogP contribution in [-0.2, 0) is 11.4 Å². The number of benzene rings is 3. The molecule has 0 aliphatic heterocycles. The maximum atomic E-state index is 13.9. The first-order valence-corrected chi connectivity index (χ1v) is 11.6. The summed E-state index contributed by atoms with van der Waals surface area (Å²) >= 11 is 12.0. The minimum absolute atomic E-state index is 0.137. The second kappa shape index (κ2) is 12.3. The van der Waals surface area contributed by atoms with Crippen LogP contribution in [-0.4, -0.2) is 24.1 Å². The van der Waals surface area contributed by atoms with E-state index in [4.69, 9.17) is 27.9 Å². The zero-order chi connectivity index (χ0) is 25.4. The Labute approximate surface area is 213 Å². The van der Waals surface area contributed by atoms with Crippen molar-refractivity contribution in [2.45, 2.75) is 26.5 Å². The van der Waals surface area contributed by atoms with Gasteiger partial charge in [0, 0.05) is 5.56 Å². The molecule has 0 bridgehead atoms. The summed E-state index contributed by atoms with van der Waals surface area (Å²) in [6.07, 6.45) is 1.44. The van der Waals surface area contributed by atoms with E-state index >= 15 is 0 Å². The van der Waals surface area contributed by atoms with E-state index in [2.05, 4.69) is 15.8 Å². The Kier molecular flexibility index (Phi) is 9.23. The number of hydrogen-bond acceptors (Lipinski definition) is 4. The van der Waals surface area contributed by atoms with E-state index in [0.717, 1.165) is 5.56 Å². The fourth-order valence-corrected chi connectivity index (χ4v) is 3.46. The molecule has 6 nitrogen and oxygen atoms in total. The van der Waals surface area contributed by atoms with Gasteiger partial charge in [-0.3, -0.25) is 9.59 Å². The van der Waals surface area contributed by atoms with E-state index in [9.17, 15) is 14.0 Å². The number of para-hydroxylation sites is 1. The third-order valence-electron chi connectivity index (χ3n) is 5.03. The molecule has 2 amide bonds. The third-order valence-corrected chi connectivity index (χ3v) is 5.77. The number of nitrogens with one attached hydrogen (secondary N) is 2. The number of halogens is 3. The summed E-state index contributed by atoms with van der Waals surface area (Å²) < 4.78 is 19.8. The molecule has 1 atom stereocenters. The molecule has 182 valence electrons. The lowest BCUT2D eigenvalue weighted by Crippen LogP contribution is -2.48. The molecule has 3 rings (SSSR count). The van der Waals surface area contributed by atoms with Crippen molar-refractivity contribution < 1.29 is 18.7 Å². The molecule has 0 aliphatic rings. The van der Waals surface area contributed by atoms with Gasteiger partial charge in [-0.1, -0.05) is 67.4 Å². The van der Waals surface area contributed by atoms with E-state index < -0.39 is 23.7 Å². The maximum absolute atomic E-state index is 13.9. The molecule has 0 aromatic heterocycles. The summed E-state index contributed by atoms with van der Waals surface area (Å²) in [7, 11) is 0. The Hall–Kier alpha value is -3.42. The number of ether oxygens (including phenoxy) is 1. The fourth-order valence-electron chi connectivity index (χ4n) is 3.14. The summed E-state index contributed by atoms with van der Waals surface area (Å²) in [6.45, 7) is 3.79. The summed E-state index contributed by atoms with van der Waals surface area (Å²) in [5.41, 5.74) is 3.76. The quantitative estimate of drug-likeness (QED) is 0.286. The van der Waals surface area contributed by atoms with Crippen LogP contribution in [0.3, 0.4) is 0 Å². The van der Waals surface area contributed by atoms with Crippen LogP contribution in [0.5, 0.6) is 5.75 Å². The van der Waals surface area contributed by atoms with Gasteiger partial charge in [0.1, 0.15) is 24.2 Å². The van der Waals surface area contributed by atoms with Gasteiger partial charge in [-0.2, -0.15) is 5.10 Å². The number of hydrogen-bond donors (Lipinski definition) is 2. The number of hydrazone groups is 1. The van der Waals surface area contributed by atoms with Crippen LogP contribution in [0.15, 0.2) is 71.8 Å². The standard InChI is InChI=1S/C26H24Cl2FN3O3/c1-16(2)24(31-25(33)19-8-4-5-9-22(19)29)26(34)32-30-14-18-7-3-6-10-23(18)35-15-17-11-12-20(27)21(28)13-17/h3-14,16,24H,15H2,1-2H3,(H,31,33)(H,32,34). The summed E-state index contributed by atoms with van der Waals surface area (Å²) in [5.74, 6) is -1.59. The van der Waals surface area contributed by atoms with Gasteiger partial charge in [-0.05, 0) is 47.9 Å². The average Bonchev–Trinajstić information content (AvgIpc) is 2.83. The minimum Gasteiger partial charge on any atom is -0.488 e. The van der Waals surface area contributed by atoms with Crippen molar-refractivity contribution in [1.82, 2.24) is 10.7 Å². The van der Waals surface area contributed by atoms with Crippen molar-refractivity contribution in [3.05, 3.63) is 99.3 Å². The molecule has 9 heteroatoms. The molecule has 0 aliphatic carbocycles. The third kappa shape index (κ3) is 7.28. The van der Waals surface area contributed by atoms with Crippen LogP contribution < -0.4 is 15.5 Å². The molecule has 0 saturated heterocycles. The lowest BCUT2D eigenvalue weighted by molar-refractivity contribution is -0.123. The molecular formula is C26H24Cl2FN3O3. The Morgan fingerprint density at radius 3 is 2.46 bits per heavy atom. The first kappa shape index (κ1) is 26.2. The predicted octanol–water partition coefficient (Wildman–Crippen LogP) is 5.62. The summed E-state index contributed by atoms with van der Waals surface area (Å²) in [6, 6.07) is 17.1. The largest absolute Gasteiger partial charge is 0.488 e. The van der Waals surface area contributed by atoms with Crippen molar-refractivity contribution in [1.29, 1.82) is 0 Å². The lowest BCUT2D eigenvalue weighted by atomic mass is 10.0. The van der Waals surface area contributed by atoms with Gasteiger partial charge in [0.05, 0.1) is 21.8 Å². The van der Waals surface area contributed by atoms with Crippen LogP contribution in [0.2, 0.25) is 10.0 Å². The topological polar surface area (TPSA) is 79.8 Å². The van der Waals surface area contributed by atoms with Crippen LogP contribution in [0, 0.1) is 11.7 Å². The molecule has 0 fully saturated rings. The molecule has 3 aromatic rings. The molecule has 2 N–H and O–H groups in total. The highest BCUT2D eigenvalue weighted by molar-refractivity contribution is 6.42. The number of rotatable bonds is 9. The monoisotopic (exact) mass is 515 g/mol. The zero-order valence-electron chi connectivity index (χ0n) is 19.1. The number of carbonyl (C=O) groups excluding carboxylic acids is 2. The van der Waals surface area contributed by atoms with Crippen molar-refractivity contribution in [3.8, 4) is 5.75 Å². The molecule has 3 aromatic carbocycles. The summed E-state index contributed by atoms with van der Waals surface area (Å²) in [4.78, 5) is 25.1. The Balaban J connectivity index is 1.64. The van der Waals surface area contributed by atoms with Gasteiger partial charge in [0.15, 0.2) is 0 Å². The van der Waals surface area contributed by atoms with Crippen LogP contribution >= 0.6 is 23.2 Å². The van der Waals surface area contributed by atoms with E-state index in [-0.39, 0.29) is 18.1 Å². The van der Waals surface area contributed by atoms with Gasteiger partial charge < -0.3 is 10.1 Å². The van der Waals surface area contributed by atoms with Crippen molar-refractivity contribution in [2.24, 2.45) is 11.0 Å². The van der Waals surface area contributed by atoms with E-state index in [1.807, 2.05) is 12.1 Å². The second-order valence-corrected chi connectivity index (χ2v) is 8.80. The van der Waals surface area contributed by atoms with Gasteiger partial charge in [0.25, 0.3) is 11.8 Å². The molecular weight excluding hydrogens is 492 g/mol. The molecule has 0 saturated carbocycles. The molecule has 35 heavy (non-hydrogen) atoms. The normalized spacial score (nSPS) is 11.9. The van der Waals surface area contributed by atoms with Gasteiger partial charge in [-0.15, -0.1) is 0 Å². The molecule has 0 radical (unpaired) electrons. The average molecular weight is 516 g/mol. The highest BCUT2D eigenvalue weighted by Crippen LogP contribution is 2.24. The zero-order valence-corrected chi connectivity index (χ0v) is 20.6. The Bertz CT molecular complexity index is 1230. The molecule has 0 heterocycles. The van der Waals surface area contributed by atoms with Gasteiger partial charge in [0.2, 0.25) is 0 Å². The highest BCUT2D eigenvalue weighted by atomic mass is 35.5. The van der Waals surface area contributed by atoms with E-state index in [0.29, 0.717) is 21.4 Å². The second-order valence-electron chi connectivity index (χ2n) is 7.98. The van der Waals surface area contributed by atoms with Crippen molar-refractivity contribution in [3.63, 3.8) is 0 Å². The van der Waals surface area contributed by atoms with Crippen molar-refractivity contribution in [2.75, 3.05) is 0 Å². The number of carbonyl (C=O) groups is 2. The van der Waals surface area contributed by atoms with E-state index in [1.54, 1.807) is 50.2 Å². The van der Waals surface area contributed by atoms with E-state index in [1.165, 1.54) is 24.4 Å². The lowest BCUT2D eigenvalue weighted by Gasteiger charge is -2.20.